The molecule has 2 aromatic rings. The van der Waals surface area contributed by atoms with E-state index in [-0.39, 0.29) is 11.9 Å². The molecule has 1 saturated heterocycles. The van der Waals surface area contributed by atoms with E-state index in [1.807, 2.05) is 19.9 Å². The molecular formula is C20H28N4O. The molecule has 0 unspecified atom stereocenters. The fraction of sp³-hybridized carbons (Fsp3) is 0.500. The van der Waals surface area contributed by atoms with E-state index >= 15 is 0 Å². The van der Waals surface area contributed by atoms with Gasteiger partial charge in [0.25, 0.3) is 0 Å². The minimum atomic E-state index is -0.0134. The Morgan fingerprint density at radius 3 is 2.80 bits per heavy atom. The highest BCUT2D eigenvalue weighted by atomic mass is 16.2. The van der Waals surface area contributed by atoms with Crippen LogP contribution in [0.5, 0.6) is 0 Å². The zero-order valence-corrected chi connectivity index (χ0v) is 15.2. The van der Waals surface area contributed by atoms with E-state index in [0.717, 1.165) is 43.7 Å². The molecule has 1 aromatic heterocycles. The number of aryl methyl sites for hydroxylation is 2. The van der Waals surface area contributed by atoms with Crippen molar-refractivity contribution in [3.63, 3.8) is 0 Å². The van der Waals surface area contributed by atoms with Gasteiger partial charge in [0.2, 0.25) is 5.91 Å². The third-order valence-corrected chi connectivity index (χ3v) is 5.10. The highest BCUT2D eigenvalue weighted by molar-refractivity contribution is 5.81. The first-order valence-corrected chi connectivity index (χ1v) is 9.21. The van der Waals surface area contributed by atoms with Crippen LogP contribution in [0.1, 0.15) is 41.8 Å². The summed E-state index contributed by atoms with van der Waals surface area (Å²) >= 11 is 0. The van der Waals surface area contributed by atoms with E-state index in [1.165, 1.54) is 17.5 Å². The Bertz CT molecular complexity index is 675. The topological polar surface area (TPSA) is 61.0 Å². The van der Waals surface area contributed by atoms with E-state index in [4.69, 9.17) is 0 Å². The van der Waals surface area contributed by atoms with Crippen molar-refractivity contribution in [2.24, 2.45) is 0 Å². The van der Waals surface area contributed by atoms with Gasteiger partial charge in [-0.25, -0.2) is 0 Å². The van der Waals surface area contributed by atoms with E-state index in [1.54, 1.807) is 0 Å². The average molecular weight is 340 g/mol. The Morgan fingerprint density at radius 1 is 1.28 bits per heavy atom. The molecule has 1 aromatic carbocycles. The van der Waals surface area contributed by atoms with Gasteiger partial charge in [-0.15, -0.1) is 0 Å². The van der Waals surface area contributed by atoms with E-state index in [9.17, 15) is 4.79 Å². The average Bonchev–Trinajstić information content (AvgIpc) is 2.95. The molecule has 3 rings (SSSR count). The van der Waals surface area contributed by atoms with Gasteiger partial charge in [0.15, 0.2) is 0 Å². The van der Waals surface area contributed by atoms with Crippen molar-refractivity contribution in [3.8, 4) is 0 Å². The van der Waals surface area contributed by atoms with E-state index in [2.05, 4.69) is 44.7 Å². The van der Waals surface area contributed by atoms with Crippen molar-refractivity contribution < 1.29 is 4.79 Å². The van der Waals surface area contributed by atoms with E-state index in [0.29, 0.717) is 6.54 Å². The SMILES string of the molecule is Cc1n[nH]c(C)c1CCNC(=O)[C@H]1CCCCN1Cc1ccccc1. The Balaban J connectivity index is 1.55. The molecule has 1 amide bonds. The first kappa shape index (κ1) is 17.7. The molecule has 25 heavy (non-hydrogen) atoms. The van der Waals surface area contributed by atoms with Crippen LogP contribution in [0.4, 0.5) is 0 Å². The number of benzene rings is 1. The minimum absolute atomic E-state index is 0.0134. The molecule has 2 N–H and O–H groups in total. The number of nitrogens with zero attached hydrogens (tertiary/aromatic N) is 2. The fourth-order valence-electron chi connectivity index (χ4n) is 3.67. The first-order chi connectivity index (χ1) is 12.1. The van der Waals surface area contributed by atoms with Crippen molar-refractivity contribution in [2.45, 2.75) is 52.1 Å². The standard InChI is InChI=1S/C20H28N4O/c1-15-18(16(2)23-22-15)11-12-21-20(25)19-10-6-7-13-24(19)14-17-8-4-3-5-9-17/h3-5,8-9,19H,6-7,10-14H2,1-2H3,(H,21,25)(H,22,23)/t19-/m1/s1. The van der Waals surface area contributed by atoms with Gasteiger partial charge in [0.05, 0.1) is 11.7 Å². The molecular weight excluding hydrogens is 312 g/mol. The summed E-state index contributed by atoms with van der Waals surface area (Å²) in [6, 6.07) is 10.4. The summed E-state index contributed by atoms with van der Waals surface area (Å²) in [7, 11) is 0. The fourth-order valence-corrected chi connectivity index (χ4v) is 3.67. The second kappa shape index (κ2) is 8.30. The second-order valence-corrected chi connectivity index (χ2v) is 6.92. The number of carbonyl (C=O) groups is 1. The highest BCUT2D eigenvalue weighted by Crippen LogP contribution is 2.20. The lowest BCUT2D eigenvalue weighted by Gasteiger charge is -2.34. The van der Waals surface area contributed by atoms with Gasteiger partial charge in [-0.1, -0.05) is 36.8 Å². The Labute approximate surface area is 149 Å². The summed E-state index contributed by atoms with van der Waals surface area (Å²) in [6.07, 6.45) is 4.07. The van der Waals surface area contributed by atoms with Crippen LogP contribution in [0.2, 0.25) is 0 Å². The van der Waals surface area contributed by atoms with Gasteiger partial charge in [-0.05, 0) is 50.8 Å². The maximum Gasteiger partial charge on any atom is 0.237 e. The van der Waals surface area contributed by atoms with Gasteiger partial charge in [0.1, 0.15) is 0 Å². The molecule has 0 radical (unpaired) electrons. The van der Waals surface area contributed by atoms with Gasteiger partial charge < -0.3 is 5.32 Å². The summed E-state index contributed by atoms with van der Waals surface area (Å²) < 4.78 is 0. The monoisotopic (exact) mass is 340 g/mol. The van der Waals surface area contributed by atoms with Crippen molar-refractivity contribution in [1.29, 1.82) is 0 Å². The van der Waals surface area contributed by atoms with Crippen LogP contribution in [0.15, 0.2) is 30.3 Å². The molecule has 134 valence electrons. The van der Waals surface area contributed by atoms with Crippen molar-refractivity contribution in [1.82, 2.24) is 20.4 Å². The first-order valence-electron chi connectivity index (χ1n) is 9.21. The number of piperidine rings is 1. The highest BCUT2D eigenvalue weighted by Gasteiger charge is 2.28. The van der Waals surface area contributed by atoms with Crippen molar-refractivity contribution in [2.75, 3.05) is 13.1 Å². The third kappa shape index (κ3) is 4.48. The summed E-state index contributed by atoms with van der Waals surface area (Å²) in [6.45, 7) is 6.53. The number of amides is 1. The lowest BCUT2D eigenvalue weighted by molar-refractivity contribution is -0.127. The molecule has 1 aliphatic rings. The molecule has 0 saturated carbocycles. The van der Waals surface area contributed by atoms with Gasteiger partial charge >= 0.3 is 0 Å². The molecule has 2 heterocycles. The van der Waals surface area contributed by atoms with Crippen LogP contribution in [0.25, 0.3) is 0 Å². The number of rotatable bonds is 6. The normalized spacial score (nSPS) is 18.2. The zero-order chi connectivity index (χ0) is 17.6. The number of H-pyrrole nitrogens is 1. The maximum atomic E-state index is 12.7. The summed E-state index contributed by atoms with van der Waals surface area (Å²) in [5.41, 5.74) is 4.60. The Morgan fingerprint density at radius 2 is 2.08 bits per heavy atom. The number of aromatic nitrogens is 2. The molecule has 5 nitrogen and oxygen atoms in total. The van der Waals surface area contributed by atoms with Crippen LogP contribution < -0.4 is 5.32 Å². The summed E-state index contributed by atoms with van der Waals surface area (Å²) in [5, 5.41) is 10.4. The van der Waals surface area contributed by atoms with Crippen LogP contribution in [0, 0.1) is 13.8 Å². The third-order valence-electron chi connectivity index (χ3n) is 5.10. The van der Waals surface area contributed by atoms with Crippen molar-refractivity contribution >= 4 is 5.91 Å². The summed E-state index contributed by atoms with van der Waals surface area (Å²) in [5.74, 6) is 0.162. The molecule has 0 aliphatic carbocycles. The number of likely N-dealkylation sites (tertiary alicyclic amines) is 1. The predicted molar refractivity (Wildman–Crippen MR) is 99.3 cm³/mol. The molecule has 1 aliphatic heterocycles. The smallest absolute Gasteiger partial charge is 0.237 e. The molecule has 1 fully saturated rings. The Hall–Kier alpha value is -2.14. The van der Waals surface area contributed by atoms with Crippen LogP contribution in [0.3, 0.4) is 0 Å². The quantitative estimate of drug-likeness (QED) is 0.850. The van der Waals surface area contributed by atoms with Crippen LogP contribution in [-0.4, -0.2) is 40.1 Å². The summed E-state index contributed by atoms with van der Waals surface area (Å²) in [4.78, 5) is 15.0. The van der Waals surface area contributed by atoms with E-state index < -0.39 is 0 Å². The lowest BCUT2D eigenvalue weighted by Crippen LogP contribution is -2.49. The van der Waals surface area contributed by atoms with Gasteiger partial charge in [-0.3, -0.25) is 14.8 Å². The number of hydrogen-bond acceptors (Lipinski definition) is 3. The molecule has 1 atom stereocenters. The van der Waals surface area contributed by atoms with Gasteiger partial charge in [-0.2, -0.15) is 5.10 Å². The second-order valence-electron chi connectivity index (χ2n) is 6.92. The molecule has 5 heteroatoms. The van der Waals surface area contributed by atoms with Crippen LogP contribution >= 0.6 is 0 Å². The van der Waals surface area contributed by atoms with Crippen LogP contribution in [-0.2, 0) is 17.8 Å². The maximum absolute atomic E-state index is 12.7. The number of carbonyl (C=O) groups excluding carboxylic acids is 1. The zero-order valence-electron chi connectivity index (χ0n) is 15.2. The van der Waals surface area contributed by atoms with Gasteiger partial charge in [0, 0.05) is 18.8 Å². The van der Waals surface area contributed by atoms with Crippen molar-refractivity contribution in [3.05, 3.63) is 52.8 Å². The number of nitrogens with one attached hydrogen (secondary N) is 2. The Kier molecular flexibility index (Phi) is 5.87. The minimum Gasteiger partial charge on any atom is -0.354 e. The lowest BCUT2D eigenvalue weighted by atomic mass is 10.00. The largest absolute Gasteiger partial charge is 0.354 e. The molecule has 0 bridgehead atoms. The molecule has 0 spiro atoms. The number of aromatic amines is 1. The number of hydrogen-bond donors (Lipinski definition) is 2. The predicted octanol–water partition coefficient (Wildman–Crippen LogP) is 2.74.